The molecule has 0 saturated carbocycles. The number of carbonyl (C=O) groups excluding carboxylic acids is 2. The lowest BCUT2D eigenvalue weighted by atomic mass is 10.4. The smallest absolute Gasteiger partial charge is 0.328 e. The van der Waals surface area contributed by atoms with Crippen molar-refractivity contribution in [3.8, 4) is 0 Å². The average Bonchev–Trinajstić information content (AvgIpc) is 2.25. The number of aromatic nitrogens is 2. The van der Waals surface area contributed by atoms with Gasteiger partial charge in [0.15, 0.2) is 6.61 Å². The first-order chi connectivity index (χ1) is 7.99. The summed E-state index contributed by atoms with van der Waals surface area (Å²) in [5.74, 6) is -1.40. The zero-order valence-corrected chi connectivity index (χ0v) is 8.84. The largest absolute Gasteiger partial charge is 0.456 e. The van der Waals surface area contributed by atoms with Crippen LogP contribution in [0.5, 0.6) is 0 Å². The number of hydrogen-bond donors (Lipinski definition) is 2. The number of nitrogens with one attached hydrogen (secondary N) is 1. The fourth-order valence-corrected chi connectivity index (χ4v) is 1.06. The van der Waals surface area contributed by atoms with Crippen LogP contribution in [0.2, 0.25) is 0 Å². The minimum atomic E-state index is -0.750. The highest BCUT2D eigenvalue weighted by molar-refractivity contribution is 5.78. The summed E-state index contributed by atoms with van der Waals surface area (Å²) in [6.07, 6.45) is 1.17. The number of hydrogen-bond acceptors (Lipinski definition) is 5. The molecule has 92 valence electrons. The average molecular weight is 241 g/mol. The summed E-state index contributed by atoms with van der Waals surface area (Å²) in [4.78, 5) is 45.4. The van der Waals surface area contributed by atoms with E-state index >= 15 is 0 Å². The molecule has 0 aliphatic carbocycles. The molecule has 0 saturated heterocycles. The standard InChI is InChI=1S/C9H11N3O5/c10-6(13)5-17-8(15)2-4-12-3-1-7(14)11-9(12)16/h1,3H,2,4-5H2,(H2,10,13)(H,11,14,16). The second kappa shape index (κ2) is 5.64. The van der Waals surface area contributed by atoms with Gasteiger partial charge in [-0.3, -0.25) is 19.4 Å². The molecule has 0 aromatic carbocycles. The van der Waals surface area contributed by atoms with Crippen molar-refractivity contribution in [1.29, 1.82) is 0 Å². The molecule has 0 unspecified atom stereocenters. The molecule has 0 radical (unpaired) electrons. The number of rotatable bonds is 5. The molecule has 1 rings (SSSR count). The summed E-state index contributed by atoms with van der Waals surface area (Å²) < 4.78 is 5.63. The monoisotopic (exact) mass is 241 g/mol. The molecule has 3 N–H and O–H groups in total. The Morgan fingerprint density at radius 2 is 2.12 bits per heavy atom. The van der Waals surface area contributed by atoms with Gasteiger partial charge in [0.2, 0.25) is 0 Å². The lowest BCUT2D eigenvalue weighted by molar-refractivity contribution is -0.147. The Labute approximate surface area is 95.0 Å². The topological polar surface area (TPSA) is 124 Å². The molecular weight excluding hydrogens is 230 g/mol. The number of primary amides is 1. The maximum Gasteiger partial charge on any atom is 0.328 e. The van der Waals surface area contributed by atoms with E-state index in [4.69, 9.17) is 5.73 Å². The van der Waals surface area contributed by atoms with Crippen molar-refractivity contribution < 1.29 is 14.3 Å². The van der Waals surface area contributed by atoms with Gasteiger partial charge in [-0.25, -0.2) is 4.79 Å². The van der Waals surface area contributed by atoms with Crippen LogP contribution in [-0.2, 0) is 20.9 Å². The Morgan fingerprint density at radius 3 is 2.71 bits per heavy atom. The van der Waals surface area contributed by atoms with Crippen LogP contribution in [-0.4, -0.2) is 28.0 Å². The van der Waals surface area contributed by atoms with Crippen LogP contribution in [0.15, 0.2) is 21.9 Å². The van der Waals surface area contributed by atoms with E-state index in [1.807, 2.05) is 4.98 Å². The Morgan fingerprint density at radius 1 is 1.41 bits per heavy atom. The molecule has 0 fully saturated rings. The molecule has 1 aromatic heterocycles. The fraction of sp³-hybridized carbons (Fsp3) is 0.333. The first kappa shape index (κ1) is 12.7. The van der Waals surface area contributed by atoms with Gasteiger partial charge < -0.3 is 15.0 Å². The van der Waals surface area contributed by atoms with Gasteiger partial charge >= 0.3 is 11.7 Å². The third-order valence-electron chi connectivity index (χ3n) is 1.83. The first-order valence-electron chi connectivity index (χ1n) is 4.73. The highest BCUT2D eigenvalue weighted by Crippen LogP contribution is 1.89. The van der Waals surface area contributed by atoms with Crippen LogP contribution in [0, 0.1) is 0 Å². The fourth-order valence-electron chi connectivity index (χ4n) is 1.06. The van der Waals surface area contributed by atoms with Crippen LogP contribution in [0.25, 0.3) is 0 Å². The van der Waals surface area contributed by atoms with Crippen LogP contribution in [0.4, 0.5) is 0 Å². The predicted molar refractivity (Wildman–Crippen MR) is 56.1 cm³/mol. The van der Waals surface area contributed by atoms with Gasteiger partial charge in [0.1, 0.15) is 0 Å². The van der Waals surface area contributed by atoms with Crippen molar-refractivity contribution in [2.24, 2.45) is 5.73 Å². The molecule has 0 aliphatic heterocycles. The number of nitrogens with zero attached hydrogens (tertiary/aromatic N) is 1. The molecule has 8 heteroatoms. The van der Waals surface area contributed by atoms with E-state index in [-0.39, 0.29) is 13.0 Å². The third kappa shape index (κ3) is 4.33. The van der Waals surface area contributed by atoms with Crippen LogP contribution in [0.3, 0.4) is 0 Å². The van der Waals surface area contributed by atoms with Crippen LogP contribution >= 0.6 is 0 Å². The number of carbonyl (C=O) groups is 2. The second-order valence-corrected chi connectivity index (χ2v) is 3.18. The lowest BCUT2D eigenvalue weighted by Crippen LogP contribution is -2.29. The van der Waals surface area contributed by atoms with Gasteiger partial charge in [0.25, 0.3) is 11.5 Å². The molecule has 0 spiro atoms. The molecule has 1 heterocycles. The van der Waals surface area contributed by atoms with Crippen molar-refractivity contribution >= 4 is 11.9 Å². The Balaban J connectivity index is 2.50. The number of esters is 1. The zero-order valence-electron chi connectivity index (χ0n) is 8.84. The van der Waals surface area contributed by atoms with Crippen molar-refractivity contribution in [1.82, 2.24) is 9.55 Å². The molecule has 0 bridgehead atoms. The van der Waals surface area contributed by atoms with E-state index in [0.29, 0.717) is 0 Å². The molecule has 17 heavy (non-hydrogen) atoms. The molecule has 1 amide bonds. The van der Waals surface area contributed by atoms with Crippen molar-refractivity contribution in [2.75, 3.05) is 6.61 Å². The summed E-state index contributed by atoms with van der Waals surface area (Å²) in [6, 6.07) is 1.16. The van der Waals surface area contributed by atoms with E-state index < -0.39 is 29.7 Å². The van der Waals surface area contributed by atoms with Crippen molar-refractivity contribution in [2.45, 2.75) is 13.0 Å². The van der Waals surface area contributed by atoms with Crippen LogP contribution < -0.4 is 17.0 Å². The van der Waals surface area contributed by atoms with Crippen molar-refractivity contribution in [3.63, 3.8) is 0 Å². The first-order valence-corrected chi connectivity index (χ1v) is 4.73. The quantitative estimate of drug-likeness (QED) is 0.574. The van der Waals surface area contributed by atoms with Gasteiger partial charge in [-0.2, -0.15) is 0 Å². The van der Waals surface area contributed by atoms with Gasteiger partial charge in [0, 0.05) is 18.8 Å². The van der Waals surface area contributed by atoms with E-state index in [0.717, 1.165) is 10.6 Å². The number of amides is 1. The minimum absolute atomic E-state index is 0.0488. The normalized spacial score (nSPS) is 9.88. The molecule has 0 aliphatic rings. The number of nitrogens with two attached hydrogens (primary N) is 1. The summed E-state index contributed by atoms with van der Waals surface area (Å²) in [5, 5.41) is 0. The summed E-state index contributed by atoms with van der Waals surface area (Å²) in [5.41, 5.74) is 3.66. The summed E-state index contributed by atoms with van der Waals surface area (Å²) in [7, 11) is 0. The maximum atomic E-state index is 11.2. The number of aryl methyl sites for hydroxylation is 1. The van der Waals surface area contributed by atoms with Gasteiger partial charge in [0.05, 0.1) is 6.42 Å². The van der Waals surface area contributed by atoms with E-state index in [1.54, 1.807) is 0 Å². The third-order valence-corrected chi connectivity index (χ3v) is 1.83. The molecule has 8 nitrogen and oxygen atoms in total. The number of H-pyrrole nitrogens is 1. The predicted octanol–water partition coefficient (Wildman–Crippen LogP) is -2.04. The Bertz CT molecular complexity index is 530. The minimum Gasteiger partial charge on any atom is -0.456 e. The molecule has 0 atom stereocenters. The van der Waals surface area contributed by atoms with E-state index in [9.17, 15) is 19.2 Å². The maximum absolute atomic E-state index is 11.2. The highest BCUT2D eigenvalue weighted by Gasteiger charge is 2.06. The molecule has 1 aromatic rings. The second-order valence-electron chi connectivity index (χ2n) is 3.18. The molecular formula is C9H11N3O5. The van der Waals surface area contributed by atoms with Crippen LogP contribution in [0.1, 0.15) is 6.42 Å². The lowest BCUT2D eigenvalue weighted by Gasteiger charge is -2.04. The summed E-state index contributed by atoms with van der Waals surface area (Å²) in [6.45, 7) is -0.438. The highest BCUT2D eigenvalue weighted by atomic mass is 16.5. The Kier molecular flexibility index (Phi) is 4.21. The van der Waals surface area contributed by atoms with E-state index in [2.05, 4.69) is 4.74 Å². The zero-order chi connectivity index (χ0) is 12.8. The van der Waals surface area contributed by atoms with Gasteiger partial charge in [-0.05, 0) is 0 Å². The summed E-state index contributed by atoms with van der Waals surface area (Å²) >= 11 is 0. The van der Waals surface area contributed by atoms with Crippen molar-refractivity contribution in [3.05, 3.63) is 33.1 Å². The number of ether oxygens (including phenoxy) is 1. The Hall–Kier alpha value is -2.38. The van der Waals surface area contributed by atoms with E-state index in [1.165, 1.54) is 6.20 Å². The van der Waals surface area contributed by atoms with Gasteiger partial charge in [-0.15, -0.1) is 0 Å². The number of aromatic amines is 1. The van der Waals surface area contributed by atoms with Gasteiger partial charge in [-0.1, -0.05) is 0 Å². The SMILES string of the molecule is NC(=O)COC(=O)CCn1ccc(=O)[nH]c1=O.